The van der Waals surface area contributed by atoms with Gasteiger partial charge in [0.2, 0.25) is 0 Å². The first-order chi connectivity index (χ1) is 8.17. The maximum Gasteiger partial charge on any atom is 0.276 e. The zero-order chi connectivity index (χ0) is 12.4. The third-order valence-corrected chi connectivity index (χ3v) is 2.95. The van der Waals surface area contributed by atoms with Gasteiger partial charge in [0, 0.05) is 24.6 Å². The third-order valence-electron chi connectivity index (χ3n) is 2.95. The molecule has 1 heterocycles. The summed E-state index contributed by atoms with van der Waals surface area (Å²) >= 11 is 0. The Morgan fingerprint density at radius 2 is 1.88 bits per heavy atom. The van der Waals surface area contributed by atoms with E-state index in [0.717, 1.165) is 13.1 Å². The predicted molar refractivity (Wildman–Crippen MR) is 61.8 cm³/mol. The monoisotopic (exact) mass is 238 g/mol. The Bertz CT molecular complexity index is 443. The molecule has 0 bridgehead atoms. The molecule has 0 amide bonds. The van der Waals surface area contributed by atoms with Crippen LogP contribution in [-0.2, 0) is 0 Å². The molecule has 0 aromatic heterocycles. The quantitative estimate of drug-likeness (QED) is 0.632. The van der Waals surface area contributed by atoms with Gasteiger partial charge < -0.3 is 14.8 Å². The van der Waals surface area contributed by atoms with E-state index in [9.17, 15) is 10.1 Å². The van der Waals surface area contributed by atoms with Gasteiger partial charge in [0.05, 0.1) is 25.2 Å². The van der Waals surface area contributed by atoms with Crippen molar-refractivity contribution in [2.24, 2.45) is 0 Å². The molecule has 0 spiro atoms. The number of nitrogens with one attached hydrogen (secondary N) is 1. The lowest BCUT2D eigenvalue weighted by Crippen LogP contribution is -2.40. The molecule has 1 fully saturated rings. The smallest absolute Gasteiger partial charge is 0.276 e. The zero-order valence-corrected chi connectivity index (χ0v) is 9.73. The van der Waals surface area contributed by atoms with E-state index >= 15 is 0 Å². The Kier molecular flexibility index (Phi) is 3.14. The Hall–Kier alpha value is -1.82. The van der Waals surface area contributed by atoms with E-state index in [0.29, 0.717) is 17.1 Å². The van der Waals surface area contributed by atoms with Gasteiger partial charge in [-0.25, -0.2) is 0 Å². The van der Waals surface area contributed by atoms with Crippen LogP contribution in [0.25, 0.3) is 0 Å². The second-order valence-corrected chi connectivity index (χ2v) is 3.88. The number of benzene rings is 1. The molecule has 1 aliphatic rings. The van der Waals surface area contributed by atoms with Crippen molar-refractivity contribution in [1.29, 1.82) is 0 Å². The second-order valence-electron chi connectivity index (χ2n) is 3.88. The molecule has 0 atom stereocenters. The summed E-state index contributed by atoms with van der Waals surface area (Å²) in [5.74, 6) is 1.09. The van der Waals surface area contributed by atoms with E-state index in [1.807, 2.05) is 0 Å². The van der Waals surface area contributed by atoms with Crippen LogP contribution in [0.4, 0.5) is 5.69 Å². The number of rotatable bonds is 4. The lowest BCUT2D eigenvalue weighted by Gasteiger charge is -2.27. The Labute approximate surface area is 98.7 Å². The van der Waals surface area contributed by atoms with Crippen molar-refractivity contribution < 1.29 is 14.4 Å². The van der Waals surface area contributed by atoms with Gasteiger partial charge >= 0.3 is 0 Å². The van der Waals surface area contributed by atoms with Crippen molar-refractivity contribution in [3.63, 3.8) is 0 Å². The molecule has 1 aliphatic heterocycles. The molecular weight excluding hydrogens is 224 g/mol. The van der Waals surface area contributed by atoms with E-state index in [2.05, 4.69) is 5.32 Å². The van der Waals surface area contributed by atoms with Gasteiger partial charge in [-0.05, 0) is 6.07 Å². The first kappa shape index (κ1) is 11.7. The number of nitrogens with zero attached hydrogens (tertiary/aromatic N) is 1. The van der Waals surface area contributed by atoms with E-state index in [1.165, 1.54) is 20.3 Å². The summed E-state index contributed by atoms with van der Waals surface area (Å²) in [5, 5.41) is 14.1. The van der Waals surface area contributed by atoms with Crippen molar-refractivity contribution in [2.45, 2.75) is 5.92 Å². The summed E-state index contributed by atoms with van der Waals surface area (Å²) in [7, 11) is 2.98. The van der Waals surface area contributed by atoms with Gasteiger partial charge in [-0.3, -0.25) is 10.1 Å². The summed E-state index contributed by atoms with van der Waals surface area (Å²) in [6.45, 7) is 1.52. The van der Waals surface area contributed by atoms with Crippen molar-refractivity contribution >= 4 is 5.69 Å². The third kappa shape index (κ3) is 2.03. The molecule has 0 saturated carbocycles. The van der Waals surface area contributed by atoms with E-state index in [1.54, 1.807) is 6.07 Å². The summed E-state index contributed by atoms with van der Waals surface area (Å²) in [5.41, 5.74) is 0.792. The molecule has 0 radical (unpaired) electrons. The second kappa shape index (κ2) is 4.58. The molecule has 17 heavy (non-hydrogen) atoms. The topological polar surface area (TPSA) is 73.6 Å². The van der Waals surface area contributed by atoms with Gasteiger partial charge in [0.1, 0.15) is 0 Å². The Morgan fingerprint density at radius 1 is 1.29 bits per heavy atom. The summed E-state index contributed by atoms with van der Waals surface area (Å²) < 4.78 is 10.2. The Morgan fingerprint density at radius 3 is 2.29 bits per heavy atom. The number of hydrogen-bond acceptors (Lipinski definition) is 5. The number of methoxy groups -OCH3 is 2. The fraction of sp³-hybridized carbons (Fsp3) is 0.455. The summed E-state index contributed by atoms with van der Waals surface area (Å²) in [6.07, 6.45) is 0. The largest absolute Gasteiger partial charge is 0.493 e. The zero-order valence-electron chi connectivity index (χ0n) is 9.73. The predicted octanol–water partition coefficient (Wildman–Crippen LogP) is 1.30. The van der Waals surface area contributed by atoms with E-state index in [4.69, 9.17) is 9.47 Å². The molecule has 1 aromatic rings. The minimum absolute atomic E-state index is 0.0918. The van der Waals surface area contributed by atoms with Crippen LogP contribution >= 0.6 is 0 Å². The van der Waals surface area contributed by atoms with Crippen LogP contribution in [0.5, 0.6) is 11.5 Å². The molecule has 6 heteroatoms. The van der Waals surface area contributed by atoms with Gasteiger partial charge in [-0.15, -0.1) is 0 Å². The lowest BCUT2D eigenvalue weighted by atomic mass is 9.92. The van der Waals surface area contributed by atoms with Gasteiger partial charge in [-0.1, -0.05) is 0 Å². The van der Waals surface area contributed by atoms with Gasteiger partial charge in [-0.2, -0.15) is 0 Å². The van der Waals surface area contributed by atoms with Crippen molar-refractivity contribution in [3.05, 3.63) is 27.8 Å². The van der Waals surface area contributed by atoms with Crippen molar-refractivity contribution in [3.8, 4) is 11.5 Å². The first-order valence-corrected chi connectivity index (χ1v) is 5.28. The SMILES string of the molecule is COc1cc(C2CNC2)c([N+](=O)[O-])cc1OC. The van der Waals surface area contributed by atoms with Gasteiger partial charge in [0.15, 0.2) is 11.5 Å². The molecule has 0 aliphatic carbocycles. The highest BCUT2D eigenvalue weighted by molar-refractivity contribution is 5.56. The summed E-state index contributed by atoms with van der Waals surface area (Å²) in [6, 6.07) is 3.12. The highest BCUT2D eigenvalue weighted by atomic mass is 16.6. The maximum atomic E-state index is 11.0. The molecule has 6 nitrogen and oxygen atoms in total. The van der Waals surface area contributed by atoms with Crippen LogP contribution in [0.3, 0.4) is 0 Å². The normalized spacial score (nSPS) is 15.2. The van der Waals surface area contributed by atoms with E-state index in [-0.39, 0.29) is 16.5 Å². The average molecular weight is 238 g/mol. The molecule has 1 saturated heterocycles. The maximum absolute atomic E-state index is 11.0. The van der Waals surface area contributed by atoms with Crippen LogP contribution in [0.2, 0.25) is 0 Å². The highest BCUT2D eigenvalue weighted by Gasteiger charge is 2.29. The number of nitro groups is 1. The molecule has 0 unspecified atom stereocenters. The van der Waals surface area contributed by atoms with E-state index < -0.39 is 0 Å². The minimum atomic E-state index is -0.379. The van der Waals surface area contributed by atoms with Crippen LogP contribution in [0, 0.1) is 10.1 Å². The Balaban J connectivity index is 2.50. The molecular formula is C11H14N2O4. The fourth-order valence-electron chi connectivity index (χ4n) is 1.88. The standard InChI is InChI=1S/C11H14N2O4/c1-16-10-3-8(7-5-12-6-7)9(13(14)15)4-11(10)17-2/h3-4,7,12H,5-6H2,1-2H3. The molecule has 92 valence electrons. The molecule has 1 N–H and O–H groups in total. The van der Waals surface area contributed by atoms with Crippen LogP contribution < -0.4 is 14.8 Å². The van der Waals surface area contributed by atoms with Crippen LogP contribution in [-0.4, -0.2) is 32.2 Å². The van der Waals surface area contributed by atoms with Crippen molar-refractivity contribution in [1.82, 2.24) is 5.32 Å². The van der Waals surface area contributed by atoms with Gasteiger partial charge in [0.25, 0.3) is 5.69 Å². The highest BCUT2D eigenvalue weighted by Crippen LogP contribution is 2.38. The number of hydrogen-bond donors (Lipinski definition) is 1. The fourth-order valence-corrected chi connectivity index (χ4v) is 1.88. The van der Waals surface area contributed by atoms with Crippen molar-refractivity contribution in [2.75, 3.05) is 27.3 Å². The molecule has 2 rings (SSSR count). The molecule has 1 aromatic carbocycles. The number of ether oxygens (including phenoxy) is 2. The first-order valence-electron chi connectivity index (χ1n) is 5.28. The summed E-state index contributed by atoms with van der Waals surface area (Å²) in [4.78, 5) is 10.6. The van der Waals surface area contributed by atoms with Crippen LogP contribution in [0.1, 0.15) is 11.5 Å². The lowest BCUT2D eigenvalue weighted by molar-refractivity contribution is -0.385. The average Bonchev–Trinajstić information content (AvgIpc) is 2.25. The minimum Gasteiger partial charge on any atom is -0.493 e. The number of nitro benzene ring substituents is 1. The van der Waals surface area contributed by atoms with Crippen LogP contribution in [0.15, 0.2) is 12.1 Å².